The number of nitrogens with zero attached hydrogens (tertiary/aromatic N) is 4. The average Bonchev–Trinajstić information content (AvgIpc) is 3.04. The summed E-state index contributed by atoms with van der Waals surface area (Å²) in [5.41, 5.74) is 2.99. The summed E-state index contributed by atoms with van der Waals surface area (Å²) in [5.74, 6) is 0.237. The number of rotatable bonds is 6. The molecule has 0 saturated carbocycles. The number of hydrogen-bond acceptors (Lipinski definition) is 5. The van der Waals surface area contributed by atoms with E-state index in [1.807, 2.05) is 55.9 Å². The largest absolute Gasteiger partial charge is 0.309 e. The van der Waals surface area contributed by atoms with Crippen LogP contribution >= 0.6 is 11.8 Å². The van der Waals surface area contributed by atoms with Gasteiger partial charge in [0.05, 0.1) is 15.9 Å². The maximum Gasteiger partial charge on any atom is 0.262 e. The minimum Gasteiger partial charge on any atom is -0.309 e. The van der Waals surface area contributed by atoms with Crippen molar-refractivity contribution in [3.05, 3.63) is 40.8 Å². The zero-order valence-corrected chi connectivity index (χ0v) is 18.4. The lowest BCUT2D eigenvalue weighted by atomic mass is 10.2. The number of carbonyl (C=O) groups excluding carboxylic acids is 1. The highest BCUT2D eigenvalue weighted by atomic mass is 32.2. The molecule has 2 heterocycles. The summed E-state index contributed by atoms with van der Waals surface area (Å²) in [4.78, 5) is 22.6. The number of nitrogens with one attached hydrogen (secondary N) is 1. The van der Waals surface area contributed by atoms with Crippen LogP contribution in [-0.2, 0) is 11.3 Å². The van der Waals surface area contributed by atoms with E-state index in [-0.39, 0.29) is 5.91 Å². The Kier molecular flexibility index (Phi) is 8.22. The van der Waals surface area contributed by atoms with Crippen LogP contribution in [0.4, 0.5) is 5.82 Å². The molecule has 3 aromatic rings. The van der Waals surface area contributed by atoms with E-state index in [4.69, 9.17) is 4.98 Å². The highest BCUT2D eigenvalue weighted by Crippen LogP contribution is 2.30. The molecule has 7 heteroatoms. The summed E-state index contributed by atoms with van der Waals surface area (Å²) >= 11 is 1.37. The predicted octanol–water partition coefficient (Wildman–Crippen LogP) is 5.49. The Bertz CT molecular complexity index is 1080. The van der Waals surface area contributed by atoms with E-state index >= 15 is 0 Å². The minimum absolute atomic E-state index is 0.230. The van der Waals surface area contributed by atoms with E-state index in [0.717, 1.165) is 23.9 Å². The number of aryl methyl sites for hydroxylation is 1. The number of anilines is 1. The lowest BCUT2D eigenvalue weighted by Gasteiger charge is -2.12. The Balaban J connectivity index is 0.00000145. The lowest BCUT2D eigenvalue weighted by Crippen LogP contribution is -2.17. The van der Waals surface area contributed by atoms with Gasteiger partial charge in [0.15, 0.2) is 5.65 Å². The summed E-state index contributed by atoms with van der Waals surface area (Å²) in [7, 11) is 0. The molecule has 0 spiro atoms. The van der Waals surface area contributed by atoms with Gasteiger partial charge < -0.3 is 9.88 Å². The van der Waals surface area contributed by atoms with Gasteiger partial charge in [-0.2, -0.15) is 5.26 Å². The summed E-state index contributed by atoms with van der Waals surface area (Å²) in [6.07, 6.45) is 5.50. The van der Waals surface area contributed by atoms with Gasteiger partial charge in [-0.15, -0.1) is 11.8 Å². The molecule has 29 heavy (non-hydrogen) atoms. The molecule has 0 aliphatic rings. The van der Waals surface area contributed by atoms with Crippen LogP contribution in [0.5, 0.6) is 0 Å². The van der Waals surface area contributed by atoms with Gasteiger partial charge in [-0.3, -0.25) is 4.79 Å². The van der Waals surface area contributed by atoms with Gasteiger partial charge in [0.2, 0.25) is 0 Å². The topological polar surface area (TPSA) is 83.6 Å². The number of nitriles is 1. The van der Waals surface area contributed by atoms with Gasteiger partial charge in [0.25, 0.3) is 5.91 Å². The summed E-state index contributed by atoms with van der Waals surface area (Å²) in [6.45, 7) is 8.57. The number of carbonyl (C=O) groups is 1. The number of hydrogen-bond donors (Lipinski definition) is 1. The number of amides is 1. The van der Waals surface area contributed by atoms with Crippen molar-refractivity contribution in [3.8, 4) is 6.07 Å². The van der Waals surface area contributed by atoms with E-state index in [1.165, 1.54) is 11.8 Å². The second-order valence-electron chi connectivity index (χ2n) is 6.04. The van der Waals surface area contributed by atoms with E-state index in [0.29, 0.717) is 34.0 Å². The van der Waals surface area contributed by atoms with Crippen LogP contribution < -0.4 is 5.32 Å². The first-order chi connectivity index (χ1) is 14.1. The zero-order valence-electron chi connectivity index (χ0n) is 17.6. The predicted molar refractivity (Wildman–Crippen MR) is 122 cm³/mol. The molecule has 3 rings (SSSR count). The molecular weight excluding hydrogens is 382 g/mol. The number of fused-ring (bicyclic) bond motifs is 2. The van der Waals surface area contributed by atoms with Gasteiger partial charge in [0.1, 0.15) is 23.0 Å². The van der Waals surface area contributed by atoms with Crippen LogP contribution in [0.3, 0.4) is 0 Å². The van der Waals surface area contributed by atoms with Crippen LogP contribution in [0.1, 0.15) is 46.1 Å². The van der Waals surface area contributed by atoms with Crippen molar-refractivity contribution in [2.24, 2.45) is 0 Å². The summed E-state index contributed by atoms with van der Waals surface area (Å²) in [5, 5.41) is 12.7. The Hall–Kier alpha value is -2.85. The third-order valence-corrected chi connectivity index (χ3v) is 5.20. The average molecular weight is 410 g/mol. The highest BCUT2D eigenvalue weighted by Gasteiger charge is 2.22. The van der Waals surface area contributed by atoms with Crippen LogP contribution in [0, 0.1) is 11.3 Å². The monoisotopic (exact) mass is 409 g/mol. The number of benzene rings is 1. The second kappa shape index (κ2) is 10.6. The molecule has 152 valence electrons. The molecule has 0 radical (unpaired) electrons. The first-order valence-corrected chi connectivity index (χ1v) is 11.1. The maximum atomic E-state index is 12.6. The third kappa shape index (κ3) is 4.60. The third-order valence-electron chi connectivity index (χ3n) is 4.34. The maximum absolute atomic E-state index is 12.6. The first-order valence-electron chi connectivity index (χ1n) is 9.85. The molecule has 1 amide bonds. The molecule has 2 aromatic heterocycles. The highest BCUT2D eigenvalue weighted by molar-refractivity contribution is 8.03. The lowest BCUT2D eigenvalue weighted by molar-refractivity contribution is -0.112. The number of unbranched alkanes of at least 4 members (excludes halogenated alkanes) is 1. The van der Waals surface area contributed by atoms with Crippen molar-refractivity contribution >= 4 is 45.7 Å². The van der Waals surface area contributed by atoms with Crippen molar-refractivity contribution in [3.63, 3.8) is 0 Å². The Labute approximate surface area is 176 Å². The number of thioether (sulfide) groups is 1. The molecular formula is C22H27N5OS. The normalized spacial score (nSPS) is 11.1. The zero-order chi connectivity index (χ0) is 21.4. The smallest absolute Gasteiger partial charge is 0.262 e. The van der Waals surface area contributed by atoms with Crippen molar-refractivity contribution in [1.82, 2.24) is 14.5 Å². The Morgan fingerprint density at radius 2 is 1.93 bits per heavy atom. The molecule has 0 bridgehead atoms. The molecule has 0 unspecified atom stereocenters. The van der Waals surface area contributed by atoms with Crippen molar-refractivity contribution in [1.29, 1.82) is 5.26 Å². The van der Waals surface area contributed by atoms with Crippen LogP contribution in [0.2, 0.25) is 0 Å². The molecule has 0 fully saturated rings. The van der Waals surface area contributed by atoms with Gasteiger partial charge in [-0.05, 0) is 31.7 Å². The quantitative estimate of drug-likeness (QED) is 0.544. The first kappa shape index (κ1) is 22.4. The Morgan fingerprint density at radius 3 is 2.48 bits per heavy atom. The molecule has 0 aliphatic carbocycles. The van der Waals surface area contributed by atoms with Crippen molar-refractivity contribution < 1.29 is 4.79 Å². The van der Waals surface area contributed by atoms with Gasteiger partial charge in [-0.25, -0.2) is 9.97 Å². The second-order valence-corrected chi connectivity index (χ2v) is 6.88. The van der Waals surface area contributed by atoms with Gasteiger partial charge >= 0.3 is 0 Å². The number of aromatic nitrogens is 3. The van der Waals surface area contributed by atoms with E-state index in [1.54, 1.807) is 6.08 Å². The standard InChI is InChI=1S/C20H21N5OS.C2H6/c1-4-6-11-25-18(24-20(26)16(5-2)27-3)13(12-21)17-19(25)23-15-10-8-7-9-14(15)22-17;1-2/h5,7-10H,4,6,11H2,1-3H3,(H,24,26);1-2H3/b16-5-;. The van der Waals surface area contributed by atoms with E-state index in [2.05, 4.69) is 23.3 Å². The van der Waals surface area contributed by atoms with Crippen LogP contribution in [0.15, 0.2) is 35.2 Å². The Morgan fingerprint density at radius 1 is 1.28 bits per heavy atom. The minimum atomic E-state index is -0.230. The molecule has 0 saturated heterocycles. The fourth-order valence-electron chi connectivity index (χ4n) is 2.98. The molecule has 0 aliphatic heterocycles. The van der Waals surface area contributed by atoms with Gasteiger partial charge in [0, 0.05) is 6.54 Å². The van der Waals surface area contributed by atoms with E-state index < -0.39 is 0 Å². The van der Waals surface area contributed by atoms with Crippen molar-refractivity contribution in [2.45, 2.75) is 47.1 Å². The fourth-order valence-corrected chi connectivity index (χ4v) is 3.45. The molecule has 0 atom stereocenters. The molecule has 6 nitrogen and oxygen atoms in total. The summed E-state index contributed by atoms with van der Waals surface area (Å²) < 4.78 is 1.91. The summed E-state index contributed by atoms with van der Waals surface area (Å²) in [6, 6.07) is 9.79. The van der Waals surface area contributed by atoms with Gasteiger partial charge in [-0.1, -0.05) is 45.4 Å². The van der Waals surface area contributed by atoms with Crippen LogP contribution in [-0.4, -0.2) is 26.7 Å². The SMILES string of the molecule is C/C=C(\SC)C(=O)Nc1c(C#N)c2nc3ccccc3nc2n1CCCC.CC. The number of allylic oxidation sites excluding steroid dienone is 1. The number of para-hydroxylation sites is 2. The molecule has 1 N–H and O–H groups in total. The van der Waals surface area contributed by atoms with Crippen LogP contribution in [0.25, 0.3) is 22.2 Å². The van der Waals surface area contributed by atoms with E-state index in [9.17, 15) is 10.1 Å². The van der Waals surface area contributed by atoms with Crippen molar-refractivity contribution in [2.75, 3.05) is 11.6 Å². The molecule has 1 aromatic carbocycles. The fraction of sp³-hybridized carbons (Fsp3) is 0.364.